The molecule has 68 valence electrons. The number of ether oxygens (including phenoxy) is 1. The van der Waals surface area contributed by atoms with E-state index >= 15 is 0 Å². The monoisotopic (exact) mass is 193 g/mol. The highest BCUT2D eigenvalue weighted by atomic mass is 32.2. The van der Waals surface area contributed by atoms with Gasteiger partial charge < -0.3 is 4.74 Å². The van der Waals surface area contributed by atoms with Crippen LogP contribution in [-0.2, 0) is 4.74 Å². The average molecular weight is 193 g/mol. The van der Waals surface area contributed by atoms with Gasteiger partial charge in [0, 0.05) is 5.75 Å². The molecule has 2 nitrogen and oxygen atoms in total. The van der Waals surface area contributed by atoms with Gasteiger partial charge in [0.2, 0.25) is 5.23 Å². The Morgan fingerprint density at radius 2 is 2.08 bits per heavy atom. The third-order valence-electron chi connectivity index (χ3n) is 2.06. The van der Waals surface area contributed by atoms with Crippen molar-refractivity contribution in [2.75, 3.05) is 5.75 Å². The number of aryl methyl sites for hydroxylation is 1. The highest BCUT2D eigenvalue weighted by Crippen LogP contribution is 2.30. The Hall–Kier alpha value is -0.960. The number of thioether (sulfide) groups is 1. The first-order chi connectivity index (χ1) is 6.25. The molecule has 0 amide bonds. The first-order valence-corrected chi connectivity index (χ1v) is 5.19. The Bertz CT molecular complexity index is 320. The lowest BCUT2D eigenvalue weighted by Gasteiger charge is -2.08. The van der Waals surface area contributed by atoms with Crippen molar-refractivity contribution in [3.8, 4) is 0 Å². The van der Waals surface area contributed by atoms with Crippen molar-refractivity contribution in [1.82, 2.24) is 0 Å². The maximum atomic E-state index is 7.31. The molecule has 0 aromatic heterocycles. The smallest absolute Gasteiger partial charge is 0.243 e. The van der Waals surface area contributed by atoms with E-state index in [0.717, 1.165) is 5.75 Å². The molecule has 2 rings (SSSR count). The summed E-state index contributed by atoms with van der Waals surface area (Å²) < 4.78 is 5.33. The predicted molar refractivity (Wildman–Crippen MR) is 55.2 cm³/mol. The SMILES string of the molecule is Cc1ccc(C2CSC(=N)O2)cc1. The number of hydrogen-bond donors (Lipinski definition) is 1. The van der Waals surface area contributed by atoms with Crippen LogP contribution in [0.4, 0.5) is 0 Å². The molecule has 1 heterocycles. The fourth-order valence-electron chi connectivity index (χ4n) is 1.29. The van der Waals surface area contributed by atoms with E-state index in [1.807, 2.05) is 0 Å². The van der Waals surface area contributed by atoms with Gasteiger partial charge in [-0.15, -0.1) is 0 Å². The number of rotatable bonds is 1. The maximum Gasteiger partial charge on any atom is 0.243 e. The highest BCUT2D eigenvalue weighted by molar-refractivity contribution is 8.13. The summed E-state index contributed by atoms with van der Waals surface area (Å²) in [7, 11) is 0. The van der Waals surface area contributed by atoms with E-state index in [9.17, 15) is 0 Å². The molecule has 1 aromatic carbocycles. The second-order valence-electron chi connectivity index (χ2n) is 3.12. The Morgan fingerprint density at radius 3 is 2.62 bits per heavy atom. The van der Waals surface area contributed by atoms with Crippen LogP contribution >= 0.6 is 11.8 Å². The lowest BCUT2D eigenvalue weighted by molar-refractivity contribution is 0.234. The van der Waals surface area contributed by atoms with Crippen LogP contribution in [0, 0.1) is 12.3 Å². The molecule has 1 atom stereocenters. The average Bonchev–Trinajstić information content (AvgIpc) is 2.53. The van der Waals surface area contributed by atoms with Crippen LogP contribution in [-0.4, -0.2) is 11.0 Å². The van der Waals surface area contributed by atoms with Crippen molar-refractivity contribution in [1.29, 1.82) is 5.41 Å². The van der Waals surface area contributed by atoms with Gasteiger partial charge in [0.05, 0.1) is 0 Å². The van der Waals surface area contributed by atoms with Crippen LogP contribution in [0.2, 0.25) is 0 Å². The molecule has 1 fully saturated rings. The summed E-state index contributed by atoms with van der Waals surface area (Å²) in [6, 6.07) is 8.29. The van der Waals surface area contributed by atoms with Gasteiger partial charge in [-0.1, -0.05) is 41.6 Å². The van der Waals surface area contributed by atoms with E-state index in [2.05, 4.69) is 31.2 Å². The van der Waals surface area contributed by atoms with Crippen LogP contribution in [0.1, 0.15) is 17.2 Å². The Morgan fingerprint density at radius 1 is 1.38 bits per heavy atom. The molecular formula is C10H11NOS. The van der Waals surface area contributed by atoms with Crippen LogP contribution in [0.15, 0.2) is 24.3 Å². The van der Waals surface area contributed by atoms with E-state index in [0.29, 0.717) is 5.23 Å². The molecule has 0 aliphatic carbocycles. The summed E-state index contributed by atoms with van der Waals surface area (Å²) >= 11 is 1.47. The van der Waals surface area contributed by atoms with Crippen molar-refractivity contribution in [3.63, 3.8) is 0 Å². The van der Waals surface area contributed by atoms with E-state index in [1.165, 1.54) is 22.9 Å². The third kappa shape index (κ3) is 1.86. The second kappa shape index (κ2) is 3.42. The van der Waals surface area contributed by atoms with E-state index in [1.54, 1.807) is 0 Å². The molecule has 0 spiro atoms. The fourth-order valence-corrected chi connectivity index (χ4v) is 2.04. The second-order valence-corrected chi connectivity index (χ2v) is 4.11. The zero-order valence-electron chi connectivity index (χ0n) is 7.41. The molecule has 1 aromatic rings. The summed E-state index contributed by atoms with van der Waals surface area (Å²) in [6.45, 7) is 2.07. The third-order valence-corrected chi connectivity index (χ3v) is 2.89. The summed E-state index contributed by atoms with van der Waals surface area (Å²) in [5.74, 6) is 0.863. The van der Waals surface area contributed by atoms with Gasteiger partial charge >= 0.3 is 0 Å². The lowest BCUT2D eigenvalue weighted by atomic mass is 10.1. The van der Waals surface area contributed by atoms with Crippen LogP contribution in [0.25, 0.3) is 0 Å². The van der Waals surface area contributed by atoms with Gasteiger partial charge in [0.1, 0.15) is 6.10 Å². The van der Waals surface area contributed by atoms with Gasteiger partial charge in [-0.25, -0.2) is 0 Å². The molecule has 1 N–H and O–H groups in total. The zero-order chi connectivity index (χ0) is 9.26. The van der Waals surface area contributed by atoms with Crippen LogP contribution in [0.3, 0.4) is 0 Å². The molecule has 1 aliphatic rings. The minimum absolute atomic E-state index is 0.0816. The van der Waals surface area contributed by atoms with Gasteiger partial charge in [-0.05, 0) is 12.5 Å². The van der Waals surface area contributed by atoms with Crippen LogP contribution < -0.4 is 0 Å². The van der Waals surface area contributed by atoms with Crippen molar-refractivity contribution in [2.24, 2.45) is 0 Å². The normalized spacial score (nSPS) is 21.6. The number of hydrogen-bond acceptors (Lipinski definition) is 3. The van der Waals surface area contributed by atoms with Crippen LogP contribution in [0.5, 0.6) is 0 Å². The highest BCUT2D eigenvalue weighted by Gasteiger charge is 2.22. The van der Waals surface area contributed by atoms with Crippen molar-refractivity contribution < 1.29 is 4.74 Å². The first kappa shape index (κ1) is 8.63. The summed E-state index contributed by atoms with van der Waals surface area (Å²) in [4.78, 5) is 0. The fraction of sp³-hybridized carbons (Fsp3) is 0.300. The summed E-state index contributed by atoms with van der Waals surface area (Å²) in [5.41, 5.74) is 2.42. The molecule has 0 bridgehead atoms. The minimum atomic E-state index is 0.0816. The Kier molecular flexibility index (Phi) is 2.27. The molecule has 1 aliphatic heterocycles. The minimum Gasteiger partial charge on any atom is -0.464 e. The van der Waals surface area contributed by atoms with Gasteiger partial charge in [0.15, 0.2) is 0 Å². The summed E-state index contributed by atoms with van der Waals surface area (Å²) in [5, 5.41) is 7.65. The molecular weight excluding hydrogens is 182 g/mol. The zero-order valence-corrected chi connectivity index (χ0v) is 8.23. The van der Waals surface area contributed by atoms with Gasteiger partial charge in [0.25, 0.3) is 0 Å². The maximum absolute atomic E-state index is 7.31. The molecule has 0 saturated carbocycles. The quantitative estimate of drug-likeness (QED) is 0.744. The van der Waals surface area contributed by atoms with E-state index in [-0.39, 0.29) is 6.10 Å². The Balaban J connectivity index is 2.17. The number of benzene rings is 1. The molecule has 3 heteroatoms. The summed E-state index contributed by atoms with van der Waals surface area (Å²) in [6.07, 6.45) is 0.0816. The standard InChI is InChI=1S/C10H11NOS/c1-7-2-4-8(5-3-7)9-6-13-10(11)12-9/h2-5,9,11H,6H2,1H3. The van der Waals surface area contributed by atoms with E-state index < -0.39 is 0 Å². The first-order valence-electron chi connectivity index (χ1n) is 4.20. The Labute approximate surface area is 81.8 Å². The van der Waals surface area contributed by atoms with Crippen molar-refractivity contribution >= 4 is 17.0 Å². The van der Waals surface area contributed by atoms with Gasteiger partial charge in [-0.2, -0.15) is 0 Å². The van der Waals surface area contributed by atoms with E-state index in [4.69, 9.17) is 10.1 Å². The van der Waals surface area contributed by atoms with Gasteiger partial charge in [-0.3, -0.25) is 5.41 Å². The lowest BCUT2D eigenvalue weighted by Crippen LogP contribution is -1.99. The number of nitrogens with one attached hydrogen (secondary N) is 1. The molecule has 13 heavy (non-hydrogen) atoms. The molecule has 1 unspecified atom stereocenters. The molecule has 1 saturated heterocycles. The van der Waals surface area contributed by atoms with Crippen molar-refractivity contribution in [2.45, 2.75) is 13.0 Å². The predicted octanol–water partition coefficient (Wildman–Crippen LogP) is 2.73. The van der Waals surface area contributed by atoms with Crippen molar-refractivity contribution in [3.05, 3.63) is 35.4 Å². The largest absolute Gasteiger partial charge is 0.464 e. The topological polar surface area (TPSA) is 33.1 Å². The molecule has 0 radical (unpaired) electrons.